The molecule has 0 bridgehead atoms. The van der Waals surface area contributed by atoms with Crippen LogP contribution < -0.4 is 0 Å². The predicted octanol–water partition coefficient (Wildman–Crippen LogP) is 3.54. The molecule has 0 aliphatic rings. The Balaban J connectivity index is 3.37. The average molecular weight is 275 g/mol. The van der Waals surface area contributed by atoms with Crippen LogP contribution in [0, 0.1) is 0 Å². The summed E-state index contributed by atoms with van der Waals surface area (Å²) in [5, 5.41) is 7.42. The van der Waals surface area contributed by atoms with Gasteiger partial charge in [0.25, 0.3) is 0 Å². The molecule has 94 valence electrons. The lowest BCUT2D eigenvalue weighted by Crippen LogP contribution is -2.25. The Labute approximate surface area is 96.6 Å². The Kier molecular flexibility index (Phi) is 3.33. The molecular weight excluding hydrogens is 271 g/mol. The molecule has 0 fully saturated rings. The van der Waals surface area contributed by atoms with Crippen LogP contribution in [0.2, 0.25) is 5.02 Å². The van der Waals surface area contributed by atoms with Crippen molar-refractivity contribution in [1.29, 1.82) is 0 Å². The van der Waals surface area contributed by atoms with E-state index < -0.39 is 34.2 Å². The number of rotatable bonds is 2. The highest BCUT2D eigenvalue weighted by molar-refractivity contribution is 6.31. The molecule has 1 aromatic carbocycles. The number of carboxylic acid groups (broad SMARTS) is 1. The van der Waals surface area contributed by atoms with Gasteiger partial charge in [-0.15, -0.1) is 0 Å². The van der Waals surface area contributed by atoms with Crippen LogP contribution in [0.1, 0.15) is 11.1 Å². The number of aliphatic carboxylic acids is 1. The summed E-state index contributed by atoms with van der Waals surface area (Å²) in [5.74, 6) is -6.93. The average Bonchev–Trinajstić information content (AvgIpc) is 2.15. The van der Waals surface area contributed by atoms with Gasteiger partial charge >= 0.3 is 18.1 Å². The first-order valence-electron chi connectivity index (χ1n) is 4.05. The van der Waals surface area contributed by atoms with E-state index >= 15 is 0 Å². The summed E-state index contributed by atoms with van der Waals surface area (Å²) < 4.78 is 63.0. The highest BCUT2D eigenvalue weighted by Gasteiger charge is 2.43. The zero-order valence-corrected chi connectivity index (χ0v) is 8.61. The Hall–Kier alpha value is -1.37. The number of halogens is 6. The van der Waals surface area contributed by atoms with Gasteiger partial charge in [0.15, 0.2) is 0 Å². The number of carboxylic acids is 1. The van der Waals surface area contributed by atoms with Gasteiger partial charge in [-0.2, -0.15) is 22.0 Å². The van der Waals surface area contributed by atoms with E-state index in [1.165, 1.54) is 0 Å². The van der Waals surface area contributed by atoms with Crippen molar-refractivity contribution in [3.63, 3.8) is 0 Å². The molecule has 0 aromatic heterocycles. The fraction of sp³-hybridized carbons (Fsp3) is 0.222. The summed E-state index contributed by atoms with van der Waals surface area (Å²) in [4.78, 5) is 10.2. The maximum absolute atomic E-state index is 13.0. The summed E-state index contributed by atoms with van der Waals surface area (Å²) in [6, 6.07) is 1.14. The second-order valence-corrected chi connectivity index (χ2v) is 3.48. The minimum Gasteiger partial charge on any atom is -0.477 e. The molecule has 0 heterocycles. The minimum absolute atomic E-state index is 0.0243. The summed E-state index contributed by atoms with van der Waals surface area (Å²) in [5.41, 5.74) is -2.78. The van der Waals surface area contributed by atoms with Crippen LogP contribution in [0.15, 0.2) is 18.2 Å². The van der Waals surface area contributed by atoms with Crippen molar-refractivity contribution in [2.24, 2.45) is 0 Å². The van der Waals surface area contributed by atoms with Gasteiger partial charge in [0.1, 0.15) is 0 Å². The fourth-order valence-electron chi connectivity index (χ4n) is 1.06. The molecule has 0 saturated carbocycles. The van der Waals surface area contributed by atoms with Crippen molar-refractivity contribution < 1.29 is 31.9 Å². The normalized spacial score (nSPS) is 12.6. The van der Waals surface area contributed by atoms with Crippen molar-refractivity contribution in [2.45, 2.75) is 12.1 Å². The number of alkyl halides is 5. The third-order valence-corrected chi connectivity index (χ3v) is 2.23. The second-order valence-electron chi connectivity index (χ2n) is 3.07. The molecule has 17 heavy (non-hydrogen) atoms. The molecule has 2 nitrogen and oxygen atoms in total. The molecule has 0 amide bonds. The lowest BCUT2D eigenvalue weighted by atomic mass is 10.0. The van der Waals surface area contributed by atoms with Crippen molar-refractivity contribution in [2.75, 3.05) is 0 Å². The molecule has 1 N–H and O–H groups in total. The van der Waals surface area contributed by atoms with Crippen molar-refractivity contribution >= 4 is 17.6 Å². The lowest BCUT2D eigenvalue weighted by Gasteiger charge is -2.15. The SMILES string of the molecule is O=C(O)C(F)(F)c1ccc(Cl)c(C(F)(F)F)c1. The molecule has 0 radical (unpaired) electrons. The van der Waals surface area contributed by atoms with Crippen LogP contribution in [0.5, 0.6) is 0 Å². The van der Waals surface area contributed by atoms with E-state index in [1.54, 1.807) is 0 Å². The van der Waals surface area contributed by atoms with E-state index in [4.69, 9.17) is 16.7 Å². The van der Waals surface area contributed by atoms with Crippen LogP contribution in [0.4, 0.5) is 22.0 Å². The Bertz CT molecular complexity index is 455. The number of benzene rings is 1. The molecule has 1 aromatic rings. The third kappa shape index (κ3) is 2.66. The van der Waals surface area contributed by atoms with Crippen molar-refractivity contribution in [1.82, 2.24) is 0 Å². The van der Waals surface area contributed by atoms with Gasteiger partial charge in [-0.1, -0.05) is 17.7 Å². The second kappa shape index (κ2) is 4.14. The Morgan fingerprint density at radius 2 is 1.71 bits per heavy atom. The largest absolute Gasteiger partial charge is 0.477 e. The molecule has 0 atom stereocenters. The third-order valence-electron chi connectivity index (χ3n) is 1.90. The summed E-state index contributed by atoms with van der Waals surface area (Å²) >= 11 is 5.20. The van der Waals surface area contributed by atoms with Gasteiger partial charge in [0, 0.05) is 5.56 Å². The summed E-state index contributed by atoms with van der Waals surface area (Å²) in [7, 11) is 0. The number of hydrogen-bond donors (Lipinski definition) is 1. The molecule has 0 aliphatic heterocycles. The minimum atomic E-state index is -4.93. The highest BCUT2D eigenvalue weighted by Crippen LogP contribution is 2.38. The zero-order chi connectivity index (χ0) is 13.4. The molecule has 0 saturated heterocycles. The van der Waals surface area contributed by atoms with Crippen LogP contribution in [-0.4, -0.2) is 11.1 Å². The molecular formula is C9H4ClF5O2. The van der Waals surface area contributed by atoms with Crippen LogP contribution in [-0.2, 0) is 16.9 Å². The molecule has 0 unspecified atom stereocenters. The van der Waals surface area contributed by atoms with Crippen molar-refractivity contribution in [3.05, 3.63) is 34.3 Å². The van der Waals surface area contributed by atoms with E-state index in [9.17, 15) is 26.7 Å². The molecule has 0 aliphatic carbocycles. The first-order valence-corrected chi connectivity index (χ1v) is 4.43. The first kappa shape index (κ1) is 13.7. The summed E-state index contributed by atoms with van der Waals surface area (Å²) in [6.45, 7) is 0. The van der Waals surface area contributed by atoms with E-state index in [0.717, 1.165) is 0 Å². The van der Waals surface area contributed by atoms with Gasteiger partial charge in [0.05, 0.1) is 10.6 Å². The molecule has 8 heteroatoms. The summed E-state index contributed by atoms with van der Waals surface area (Å²) in [6.07, 6.45) is -4.93. The predicted molar refractivity (Wildman–Crippen MR) is 48.0 cm³/mol. The maximum Gasteiger partial charge on any atom is 0.417 e. The zero-order valence-electron chi connectivity index (χ0n) is 7.86. The smallest absolute Gasteiger partial charge is 0.417 e. The van der Waals surface area contributed by atoms with E-state index in [1.807, 2.05) is 0 Å². The quantitative estimate of drug-likeness (QED) is 0.838. The molecule has 1 rings (SSSR count). The van der Waals surface area contributed by atoms with E-state index in [0.29, 0.717) is 12.1 Å². The van der Waals surface area contributed by atoms with Crippen molar-refractivity contribution in [3.8, 4) is 0 Å². The van der Waals surface area contributed by atoms with E-state index in [-0.39, 0.29) is 6.07 Å². The lowest BCUT2D eigenvalue weighted by molar-refractivity contribution is -0.166. The number of hydrogen-bond acceptors (Lipinski definition) is 1. The van der Waals surface area contributed by atoms with E-state index in [2.05, 4.69) is 0 Å². The standard InChI is InChI=1S/C9H4ClF5O2/c10-6-2-1-4(8(11,12)7(16)17)3-5(6)9(13,14)15/h1-3H,(H,16,17). The first-order chi connectivity index (χ1) is 7.56. The van der Waals surface area contributed by atoms with Crippen LogP contribution in [0.3, 0.4) is 0 Å². The highest BCUT2D eigenvalue weighted by atomic mass is 35.5. The monoisotopic (exact) mass is 274 g/mol. The topological polar surface area (TPSA) is 37.3 Å². The van der Waals surface area contributed by atoms with Crippen LogP contribution >= 0.6 is 11.6 Å². The van der Waals surface area contributed by atoms with Gasteiger partial charge in [0.2, 0.25) is 0 Å². The van der Waals surface area contributed by atoms with Gasteiger partial charge in [-0.3, -0.25) is 0 Å². The van der Waals surface area contributed by atoms with Gasteiger partial charge in [-0.05, 0) is 12.1 Å². The number of carbonyl (C=O) groups is 1. The van der Waals surface area contributed by atoms with Gasteiger partial charge in [-0.25, -0.2) is 4.79 Å². The van der Waals surface area contributed by atoms with Crippen LogP contribution in [0.25, 0.3) is 0 Å². The Morgan fingerprint density at radius 1 is 1.18 bits per heavy atom. The Morgan fingerprint density at radius 3 is 2.12 bits per heavy atom. The molecule has 0 spiro atoms. The fourth-order valence-corrected chi connectivity index (χ4v) is 1.29. The maximum atomic E-state index is 13.0. The van der Waals surface area contributed by atoms with Gasteiger partial charge < -0.3 is 5.11 Å².